The molecule has 2 aromatic heterocycles. The fourth-order valence-corrected chi connectivity index (χ4v) is 6.33. The van der Waals surface area contributed by atoms with Gasteiger partial charge in [0.25, 0.3) is 0 Å². The van der Waals surface area contributed by atoms with Gasteiger partial charge in [-0.15, -0.1) is 11.3 Å². The number of hydrogen-bond acceptors (Lipinski definition) is 6. The minimum absolute atomic E-state index is 0.145. The van der Waals surface area contributed by atoms with E-state index in [1.165, 1.54) is 44.6 Å². The number of aromatic nitrogens is 1. The van der Waals surface area contributed by atoms with Crippen LogP contribution in [0.25, 0.3) is 21.8 Å². The van der Waals surface area contributed by atoms with Crippen molar-refractivity contribution in [2.75, 3.05) is 5.75 Å². The Morgan fingerprint density at radius 1 is 1.17 bits per heavy atom. The number of sulfone groups is 1. The maximum absolute atomic E-state index is 15.0. The first-order chi connectivity index (χ1) is 13.9. The number of oxazole rings is 1. The third kappa shape index (κ3) is 3.24. The summed E-state index contributed by atoms with van der Waals surface area (Å²) in [6.45, 7) is 4.45. The smallest absolute Gasteiger partial charge is 0.181 e. The molecule has 1 aliphatic heterocycles. The molecule has 30 heavy (non-hydrogen) atoms. The van der Waals surface area contributed by atoms with Gasteiger partial charge in [-0.25, -0.2) is 22.2 Å². The Labute approximate surface area is 176 Å². The standard InChI is InChI=1S/C20H19F2N3O3S2/c1-19(2)18(23)25-20(3,9-30(19,26)27)17-14(22)7-16(29-17)12-4-11(5-13(21)6-12)15-8-24-10-28-15/h4-8,10H,9H2,1-3H3,(H2,23,25)/t20-/m0/s1. The summed E-state index contributed by atoms with van der Waals surface area (Å²) in [5.41, 5.74) is -0.431. The summed E-state index contributed by atoms with van der Waals surface area (Å²) in [4.78, 5) is 4.40. The number of thiophene rings is 1. The molecule has 0 bridgehead atoms. The van der Waals surface area contributed by atoms with Gasteiger partial charge in [0.05, 0.1) is 22.4 Å². The lowest BCUT2D eigenvalue weighted by Crippen LogP contribution is -2.63. The molecule has 1 atom stereocenters. The zero-order valence-corrected chi connectivity index (χ0v) is 18.0. The number of amidine groups is 1. The molecule has 1 aromatic carbocycles. The van der Waals surface area contributed by atoms with Crippen molar-refractivity contribution in [1.82, 2.24) is 10.3 Å². The molecule has 1 saturated heterocycles. The molecule has 0 spiro atoms. The van der Waals surface area contributed by atoms with Gasteiger partial charge in [0.15, 0.2) is 22.0 Å². The van der Waals surface area contributed by atoms with Gasteiger partial charge in [0.2, 0.25) is 0 Å². The summed E-state index contributed by atoms with van der Waals surface area (Å²) in [5.74, 6) is -1.32. The van der Waals surface area contributed by atoms with Gasteiger partial charge < -0.3 is 9.73 Å². The fourth-order valence-electron chi connectivity index (χ4n) is 3.42. The van der Waals surface area contributed by atoms with Crippen molar-refractivity contribution in [3.63, 3.8) is 0 Å². The highest BCUT2D eigenvalue weighted by atomic mass is 32.2. The predicted octanol–water partition coefficient (Wildman–Crippen LogP) is 4.34. The van der Waals surface area contributed by atoms with Gasteiger partial charge >= 0.3 is 0 Å². The van der Waals surface area contributed by atoms with E-state index in [9.17, 15) is 17.2 Å². The second-order valence-electron chi connectivity index (χ2n) is 7.98. The molecule has 1 aliphatic rings. The zero-order valence-electron chi connectivity index (χ0n) is 16.4. The van der Waals surface area contributed by atoms with Gasteiger partial charge in [-0.3, -0.25) is 5.41 Å². The van der Waals surface area contributed by atoms with Crippen LogP contribution in [0.1, 0.15) is 25.6 Å². The third-order valence-electron chi connectivity index (χ3n) is 5.35. The molecule has 0 amide bonds. The van der Waals surface area contributed by atoms with E-state index in [4.69, 9.17) is 9.83 Å². The van der Waals surface area contributed by atoms with Gasteiger partial charge in [0.1, 0.15) is 22.2 Å². The van der Waals surface area contributed by atoms with Crippen LogP contribution in [0.2, 0.25) is 0 Å². The predicted molar refractivity (Wildman–Crippen MR) is 111 cm³/mol. The Balaban J connectivity index is 1.77. The van der Waals surface area contributed by atoms with E-state index < -0.39 is 31.8 Å². The Morgan fingerprint density at radius 2 is 1.87 bits per heavy atom. The van der Waals surface area contributed by atoms with Crippen LogP contribution in [-0.4, -0.2) is 29.7 Å². The van der Waals surface area contributed by atoms with Crippen molar-refractivity contribution < 1.29 is 21.6 Å². The SMILES string of the molecule is CC1(C)C(=N)N[C@](C)(c2sc(-c3cc(F)cc(-c4cnco4)c3)cc2F)CS1(=O)=O. The number of benzene rings is 1. The fraction of sp³-hybridized carbons (Fsp3) is 0.300. The summed E-state index contributed by atoms with van der Waals surface area (Å²) in [6.07, 6.45) is 2.68. The summed E-state index contributed by atoms with van der Waals surface area (Å²) in [7, 11) is -3.71. The minimum atomic E-state index is -3.71. The van der Waals surface area contributed by atoms with Crippen LogP contribution in [0, 0.1) is 17.0 Å². The van der Waals surface area contributed by atoms with Gasteiger partial charge in [-0.05, 0) is 50.6 Å². The quantitative estimate of drug-likeness (QED) is 0.618. The number of hydrogen-bond donors (Lipinski definition) is 2. The lowest BCUT2D eigenvalue weighted by atomic mass is 9.99. The highest BCUT2D eigenvalue weighted by Crippen LogP contribution is 2.42. The largest absolute Gasteiger partial charge is 0.444 e. The van der Waals surface area contributed by atoms with Crippen LogP contribution in [0.15, 0.2) is 41.3 Å². The average Bonchev–Trinajstić information content (AvgIpc) is 3.29. The zero-order chi connectivity index (χ0) is 21.9. The van der Waals surface area contributed by atoms with Crippen LogP contribution in [-0.2, 0) is 15.4 Å². The van der Waals surface area contributed by atoms with Gasteiger partial charge in [0, 0.05) is 10.4 Å². The Hall–Kier alpha value is -2.59. The van der Waals surface area contributed by atoms with E-state index in [1.54, 1.807) is 13.0 Å². The molecular weight excluding hydrogens is 432 g/mol. The van der Waals surface area contributed by atoms with Crippen LogP contribution < -0.4 is 5.32 Å². The first-order valence-corrected chi connectivity index (χ1v) is 11.5. The van der Waals surface area contributed by atoms with E-state index in [0.29, 0.717) is 21.8 Å². The number of nitrogens with zero attached hydrogens (tertiary/aromatic N) is 1. The van der Waals surface area contributed by atoms with E-state index >= 15 is 0 Å². The molecule has 0 aliphatic carbocycles. The highest BCUT2D eigenvalue weighted by Gasteiger charge is 2.51. The van der Waals surface area contributed by atoms with E-state index in [0.717, 1.165) is 11.3 Å². The maximum atomic E-state index is 15.0. The van der Waals surface area contributed by atoms with Crippen LogP contribution in [0.4, 0.5) is 8.78 Å². The lowest BCUT2D eigenvalue weighted by Gasteiger charge is -2.42. The molecule has 0 saturated carbocycles. The second-order valence-corrected chi connectivity index (χ2v) is 11.6. The number of nitrogens with one attached hydrogen (secondary N) is 2. The summed E-state index contributed by atoms with van der Waals surface area (Å²) in [5, 5.41) is 11.0. The molecular formula is C20H19F2N3O3S2. The molecule has 3 aromatic rings. The van der Waals surface area contributed by atoms with Crippen LogP contribution in [0.3, 0.4) is 0 Å². The maximum Gasteiger partial charge on any atom is 0.181 e. The second kappa shape index (κ2) is 6.71. The molecule has 6 nitrogen and oxygen atoms in total. The topological polar surface area (TPSA) is 96.1 Å². The molecule has 158 valence electrons. The first-order valence-electron chi connectivity index (χ1n) is 9.02. The Kier molecular flexibility index (Phi) is 4.62. The molecule has 1 fully saturated rings. The van der Waals surface area contributed by atoms with E-state index in [1.807, 2.05) is 0 Å². The molecule has 10 heteroatoms. The van der Waals surface area contributed by atoms with E-state index in [-0.39, 0.29) is 16.5 Å². The van der Waals surface area contributed by atoms with E-state index in [2.05, 4.69) is 10.3 Å². The van der Waals surface area contributed by atoms with Crippen molar-refractivity contribution in [2.45, 2.75) is 31.1 Å². The highest BCUT2D eigenvalue weighted by molar-refractivity contribution is 7.93. The summed E-state index contributed by atoms with van der Waals surface area (Å²) < 4.78 is 58.5. The number of halogens is 2. The molecule has 0 radical (unpaired) electrons. The van der Waals surface area contributed by atoms with Crippen molar-refractivity contribution in [3.8, 4) is 21.8 Å². The summed E-state index contributed by atoms with van der Waals surface area (Å²) >= 11 is 1.02. The molecule has 3 heterocycles. The van der Waals surface area contributed by atoms with Crippen LogP contribution in [0.5, 0.6) is 0 Å². The third-order valence-corrected chi connectivity index (χ3v) is 9.49. The first kappa shape index (κ1) is 20.7. The minimum Gasteiger partial charge on any atom is -0.444 e. The molecule has 2 N–H and O–H groups in total. The van der Waals surface area contributed by atoms with Crippen molar-refractivity contribution >= 4 is 27.0 Å². The molecule has 4 rings (SSSR count). The Bertz CT molecular complexity index is 1250. The number of rotatable bonds is 3. The lowest BCUT2D eigenvalue weighted by molar-refractivity contribution is 0.432. The normalized spacial score (nSPS) is 22.6. The Morgan fingerprint density at radius 3 is 2.50 bits per heavy atom. The van der Waals surface area contributed by atoms with Crippen molar-refractivity contribution in [2.24, 2.45) is 0 Å². The van der Waals surface area contributed by atoms with Crippen molar-refractivity contribution in [1.29, 1.82) is 5.41 Å². The monoisotopic (exact) mass is 451 g/mol. The average molecular weight is 452 g/mol. The van der Waals surface area contributed by atoms with Gasteiger partial charge in [-0.2, -0.15) is 0 Å². The summed E-state index contributed by atoms with van der Waals surface area (Å²) in [6, 6.07) is 5.46. The van der Waals surface area contributed by atoms with Crippen molar-refractivity contribution in [3.05, 3.63) is 53.4 Å². The van der Waals surface area contributed by atoms with Gasteiger partial charge in [-0.1, -0.05) is 0 Å². The van der Waals surface area contributed by atoms with Crippen LogP contribution >= 0.6 is 11.3 Å². The molecule has 0 unspecified atom stereocenters.